The van der Waals surface area contributed by atoms with Crippen LogP contribution in [-0.4, -0.2) is 21.9 Å². The number of hydrogen-bond acceptors (Lipinski definition) is 6. The van der Waals surface area contributed by atoms with Crippen LogP contribution in [-0.2, 0) is 4.74 Å². The van der Waals surface area contributed by atoms with E-state index < -0.39 is 33.3 Å². The molecule has 0 heterocycles. The standard InChI is InChI=1S/C35H46N2O6/c1-22(2)23(3)9-10-25(5)32-15-16-33-26(8-7-17-35(32,33)6)12-13-27-20-31(14-11-24(27)4)43-34(38)28-18-29(36(39)40)21-30(19-28)37(41)42/h8-10,12-13,18-19,21-23,25,31-33H,7,11,14-17,20H2,1-6H3/b10-9+,13-12+/t23-,25+,31-,32+,33-,35+/m0/s1. The molecule has 232 valence electrons. The third kappa shape index (κ3) is 7.34. The summed E-state index contributed by atoms with van der Waals surface area (Å²) in [6.07, 6.45) is 18.0. The second-order valence-electron chi connectivity index (χ2n) is 13.5. The molecule has 0 saturated heterocycles. The molecular weight excluding hydrogens is 544 g/mol. The van der Waals surface area contributed by atoms with Gasteiger partial charge in [0.1, 0.15) is 6.10 Å². The van der Waals surface area contributed by atoms with Crippen molar-refractivity contribution in [2.45, 2.75) is 92.6 Å². The molecule has 0 bridgehead atoms. The molecule has 3 aliphatic carbocycles. The van der Waals surface area contributed by atoms with Crippen LogP contribution in [0, 0.1) is 55.2 Å². The number of nitro benzene ring substituents is 2. The molecule has 1 fully saturated rings. The minimum absolute atomic E-state index is 0.186. The van der Waals surface area contributed by atoms with E-state index in [1.54, 1.807) is 0 Å². The van der Waals surface area contributed by atoms with E-state index in [0.29, 0.717) is 42.4 Å². The van der Waals surface area contributed by atoms with Crippen molar-refractivity contribution >= 4 is 17.3 Å². The minimum atomic E-state index is -0.784. The second-order valence-corrected chi connectivity index (χ2v) is 13.5. The number of rotatable bonds is 10. The number of allylic oxidation sites excluding steroid dienone is 7. The Bertz CT molecular complexity index is 1340. The minimum Gasteiger partial charge on any atom is -0.458 e. The van der Waals surface area contributed by atoms with Gasteiger partial charge < -0.3 is 4.74 Å². The molecule has 1 aromatic rings. The van der Waals surface area contributed by atoms with Gasteiger partial charge >= 0.3 is 5.97 Å². The molecule has 0 spiro atoms. The molecule has 6 atom stereocenters. The second kappa shape index (κ2) is 13.4. The molecule has 3 aliphatic rings. The zero-order valence-electron chi connectivity index (χ0n) is 26.4. The zero-order chi connectivity index (χ0) is 31.5. The number of hydrogen-bond donors (Lipinski definition) is 0. The number of non-ortho nitro benzene ring substituents is 2. The lowest BCUT2D eigenvalue weighted by Gasteiger charge is -2.42. The lowest BCUT2D eigenvalue weighted by atomic mass is 9.62. The van der Waals surface area contributed by atoms with Gasteiger partial charge in [-0.3, -0.25) is 20.2 Å². The number of esters is 1. The predicted octanol–water partition coefficient (Wildman–Crippen LogP) is 9.32. The molecule has 0 unspecified atom stereocenters. The normalized spacial score (nSPS) is 27.3. The van der Waals surface area contributed by atoms with Crippen LogP contribution in [0.4, 0.5) is 11.4 Å². The van der Waals surface area contributed by atoms with E-state index in [1.807, 2.05) is 0 Å². The largest absolute Gasteiger partial charge is 0.458 e. The van der Waals surface area contributed by atoms with Crippen LogP contribution < -0.4 is 0 Å². The summed E-state index contributed by atoms with van der Waals surface area (Å²) in [5.74, 6) is 2.18. The molecule has 1 saturated carbocycles. The molecule has 0 aliphatic heterocycles. The first-order valence-corrected chi connectivity index (χ1v) is 15.7. The smallest absolute Gasteiger partial charge is 0.338 e. The Kier molecular flexibility index (Phi) is 10.1. The number of fused-ring (bicyclic) bond motifs is 1. The van der Waals surface area contributed by atoms with Crippen molar-refractivity contribution in [3.63, 3.8) is 0 Å². The fourth-order valence-electron chi connectivity index (χ4n) is 7.33. The Balaban J connectivity index is 1.44. The average Bonchev–Trinajstić information content (AvgIpc) is 3.33. The topological polar surface area (TPSA) is 113 Å². The van der Waals surface area contributed by atoms with Gasteiger partial charge in [-0.1, -0.05) is 70.6 Å². The van der Waals surface area contributed by atoms with Gasteiger partial charge in [-0.25, -0.2) is 4.79 Å². The summed E-state index contributed by atoms with van der Waals surface area (Å²) >= 11 is 0. The van der Waals surface area contributed by atoms with Gasteiger partial charge in [0.15, 0.2) is 0 Å². The molecule has 4 rings (SSSR count). The van der Waals surface area contributed by atoms with Crippen molar-refractivity contribution in [3.8, 4) is 0 Å². The molecular formula is C35H46N2O6. The molecule has 43 heavy (non-hydrogen) atoms. The van der Waals surface area contributed by atoms with Gasteiger partial charge in [-0.2, -0.15) is 0 Å². The summed E-state index contributed by atoms with van der Waals surface area (Å²) in [5.41, 5.74) is 2.87. The number of carbonyl (C=O) groups is 1. The van der Waals surface area contributed by atoms with E-state index in [9.17, 15) is 25.0 Å². The maximum Gasteiger partial charge on any atom is 0.338 e. The summed E-state index contributed by atoms with van der Waals surface area (Å²) in [5, 5.41) is 22.5. The Morgan fingerprint density at radius 1 is 1.00 bits per heavy atom. The number of nitrogens with zero attached hydrogens (tertiary/aromatic N) is 2. The maximum atomic E-state index is 12.9. The summed E-state index contributed by atoms with van der Waals surface area (Å²) in [6, 6.07) is 2.90. The summed E-state index contributed by atoms with van der Waals surface area (Å²) in [4.78, 5) is 33.9. The number of benzene rings is 1. The van der Waals surface area contributed by atoms with E-state index in [4.69, 9.17) is 4.74 Å². The highest BCUT2D eigenvalue weighted by Crippen LogP contribution is 2.58. The molecule has 0 aromatic heterocycles. The molecule has 0 N–H and O–H groups in total. The van der Waals surface area contributed by atoms with Gasteiger partial charge in [0.05, 0.1) is 21.5 Å². The number of carbonyl (C=O) groups excluding carboxylic acids is 1. The number of ether oxygens (including phenoxy) is 1. The van der Waals surface area contributed by atoms with E-state index in [2.05, 4.69) is 71.9 Å². The van der Waals surface area contributed by atoms with Crippen molar-refractivity contribution in [2.24, 2.45) is 35.0 Å². The van der Waals surface area contributed by atoms with Crippen LogP contribution in [0.1, 0.15) is 96.8 Å². The summed E-state index contributed by atoms with van der Waals surface area (Å²) in [7, 11) is 0. The average molecular weight is 591 g/mol. The van der Waals surface area contributed by atoms with Crippen molar-refractivity contribution in [2.75, 3.05) is 0 Å². The maximum absolute atomic E-state index is 12.9. The zero-order valence-corrected chi connectivity index (χ0v) is 26.4. The first-order valence-electron chi connectivity index (χ1n) is 15.7. The quantitative estimate of drug-likeness (QED) is 0.116. The van der Waals surface area contributed by atoms with E-state index in [1.165, 1.54) is 30.4 Å². The number of nitro groups is 2. The van der Waals surface area contributed by atoms with Gasteiger partial charge in [0.25, 0.3) is 11.4 Å². The Labute approximate surface area is 255 Å². The molecule has 8 nitrogen and oxygen atoms in total. The highest BCUT2D eigenvalue weighted by atomic mass is 16.6. The molecule has 8 heteroatoms. The monoisotopic (exact) mass is 590 g/mol. The van der Waals surface area contributed by atoms with Crippen LogP contribution in [0.25, 0.3) is 0 Å². The van der Waals surface area contributed by atoms with Crippen molar-refractivity contribution in [3.05, 3.63) is 91.1 Å². The van der Waals surface area contributed by atoms with Crippen LogP contribution in [0.5, 0.6) is 0 Å². The van der Waals surface area contributed by atoms with Crippen molar-refractivity contribution in [1.82, 2.24) is 0 Å². The van der Waals surface area contributed by atoms with Crippen LogP contribution >= 0.6 is 0 Å². The van der Waals surface area contributed by atoms with Crippen LogP contribution in [0.2, 0.25) is 0 Å². The fraction of sp³-hybridized carbons (Fsp3) is 0.571. The Morgan fingerprint density at radius 2 is 1.67 bits per heavy atom. The van der Waals surface area contributed by atoms with Crippen LogP contribution in [0.3, 0.4) is 0 Å². The van der Waals surface area contributed by atoms with Crippen molar-refractivity contribution in [1.29, 1.82) is 0 Å². The van der Waals surface area contributed by atoms with E-state index in [0.717, 1.165) is 36.6 Å². The molecule has 0 amide bonds. The third-order valence-corrected chi connectivity index (χ3v) is 10.4. The van der Waals surface area contributed by atoms with Crippen LogP contribution in [0.15, 0.2) is 65.3 Å². The Hall–Kier alpha value is -3.55. The molecule has 1 aromatic carbocycles. The first-order chi connectivity index (χ1) is 20.3. The van der Waals surface area contributed by atoms with Gasteiger partial charge in [-0.15, -0.1) is 0 Å². The lowest BCUT2D eigenvalue weighted by Crippen LogP contribution is -2.34. The van der Waals surface area contributed by atoms with E-state index >= 15 is 0 Å². The SMILES string of the molecule is CC1=C(/C=C/C2=CCC[C@]3(C)[C@@H]([C@H](C)/C=C/[C@H](C)C(C)C)CC[C@@H]23)C[C@@H](OC(=O)c2cc([N+](=O)[O-])cc([N+](=O)[O-])c2)CC1. The Morgan fingerprint density at radius 3 is 2.30 bits per heavy atom. The van der Waals surface area contributed by atoms with Gasteiger partial charge in [0.2, 0.25) is 0 Å². The van der Waals surface area contributed by atoms with E-state index in [-0.39, 0.29) is 11.0 Å². The highest BCUT2D eigenvalue weighted by Gasteiger charge is 2.49. The highest BCUT2D eigenvalue weighted by molar-refractivity contribution is 5.91. The van der Waals surface area contributed by atoms with Crippen molar-refractivity contribution < 1.29 is 19.4 Å². The summed E-state index contributed by atoms with van der Waals surface area (Å²) < 4.78 is 5.72. The lowest BCUT2D eigenvalue weighted by molar-refractivity contribution is -0.394. The van der Waals surface area contributed by atoms with Gasteiger partial charge in [0, 0.05) is 18.6 Å². The fourth-order valence-corrected chi connectivity index (χ4v) is 7.33. The third-order valence-electron chi connectivity index (χ3n) is 10.4. The van der Waals surface area contributed by atoms with Gasteiger partial charge in [-0.05, 0) is 91.6 Å². The first kappa shape index (κ1) is 32.4. The predicted molar refractivity (Wildman–Crippen MR) is 169 cm³/mol. The molecule has 0 radical (unpaired) electrons. The summed E-state index contributed by atoms with van der Waals surface area (Å²) in [6.45, 7) is 13.8.